The highest BCUT2D eigenvalue weighted by Crippen LogP contribution is 2.23. The van der Waals surface area contributed by atoms with Gasteiger partial charge in [-0.3, -0.25) is 0 Å². The van der Waals surface area contributed by atoms with Gasteiger partial charge in [0, 0.05) is 37.1 Å². The summed E-state index contributed by atoms with van der Waals surface area (Å²) in [5, 5.41) is 3.47. The van der Waals surface area contributed by atoms with Crippen molar-refractivity contribution in [2.45, 2.75) is 19.0 Å². The molecule has 1 fully saturated rings. The third kappa shape index (κ3) is 3.25. The van der Waals surface area contributed by atoms with Crippen LogP contribution in [0.4, 0.5) is 0 Å². The Balaban J connectivity index is 1.49. The van der Waals surface area contributed by atoms with Gasteiger partial charge in [0.15, 0.2) is 5.82 Å². The Labute approximate surface area is 140 Å². The van der Waals surface area contributed by atoms with Crippen LogP contribution in [0.1, 0.15) is 6.42 Å². The number of imidazole rings is 1. The summed E-state index contributed by atoms with van der Waals surface area (Å²) in [6.45, 7) is 3.36. The maximum Gasteiger partial charge on any atom is 0.226 e. The Morgan fingerprint density at radius 2 is 2.17 bits per heavy atom. The summed E-state index contributed by atoms with van der Waals surface area (Å²) in [7, 11) is 0. The first-order chi connectivity index (χ1) is 11.9. The minimum absolute atomic E-state index is 0.395. The molecule has 2 aromatic heterocycles. The monoisotopic (exact) mass is 324 g/mol. The number of hydrogen-bond donors (Lipinski definition) is 1. The molecule has 1 aliphatic heterocycles. The third-order valence-corrected chi connectivity index (χ3v) is 4.19. The van der Waals surface area contributed by atoms with Crippen molar-refractivity contribution in [3.8, 4) is 23.0 Å². The minimum atomic E-state index is 0.395. The summed E-state index contributed by atoms with van der Waals surface area (Å²) >= 11 is 0. The van der Waals surface area contributed by atoms with Crippen molar-refractivity contribution in [2.24, 2.45) is 0 Å². The maximum atomic E-state index is 5.63. The van der Waals surface area contributed by atoms with E-state index in [9.17, 15) is 0 Å². The van der Waals surface area contributed by atoms with Crippen molar-refractivity contribution < 1.29 is 9.15 Å². The zero-order valence-electron chi connectivity index (χ0n) is 13.4. The lowest BCUT2D eigenvalue weighted by Crippen LogP contribution is -2.41. The number of ether oxygens (including phenoxy) is 1. The zero-order chi connectivity index (χ0) is 16.2. The standard InChI is InChI=1S/C18H20N4O2/c1-2-4-14(5-3-1)18-21-16(13-24-18)17-20-7-10-22(17)9-6-15-12-23-11-8-19-15/h1-5,7,10,13,15,19H,6,8-9,11-12H2. The molecule has 3 heterocycles. The van der Waals surface area contributed by atoms with E-state index < -0.39 is 0 Å². The average Bonchev–Trinajstić information content (AvgIpc) is 3.31. The predicted molar refractivity (Wildman–Crippen MR) is 90.4 cm³/mol. The van der Waals surface area contributed by atoms with Crippen LogP contribution in [0.5, 0.6) is 0 Å². The van der Waals surface area contributed by atoms with E-state index in [2.05, 4.69) is 19.9 Å². The minimum Gasteiger partial charge on any atom is -0.444 e. The smallest absolute Gasteiger partial charge is 0.226 e. The molecule has 1 aromatic carbocycles. The van der Waals surface area contributed by atoms with Crippen LogP contribution >= 0.6 is 0 Å². The molecule has 6 nitrogen and oxygen atoms in total. The summed E-state index contributed by atoms with van der Waals surface area (Å²) in [6.07, 6.45) is 6.45. The molecule has 0 amide bonds. The van der Waals surface area contributed by atoms with E-state index in [0.717, 1.165) is 49.8 Å². The quantitative estimate of drug-likeness (QED) is 0.781. The number of nitrogens with zero attached hydrogens (tertiary/aromatic N) is 3. The molecule has 0 radical (unpaired) electrons. The van der Waals surface area contributed by atoms with Crippen LogP contribution in [-0.2, 0) is 11.3 Å². The molecule has 1 aliphatic rings. The Kier molecular flexibility index (Phi) is 4.40. The van der Waals surface area contributed by atoms with Crippen molar-refractivity contribution in [1.29, 1.82) is 0 Å². The van der Waals surface area contributed by atoms with Crippen LogP contribution in [-0.4, -0.2) is 40.3 Å². The number of aryl methyl sites for hydroxylation is 1. The normalized spacial score (nSPS) is 17.9. The maximum absolute atomic E-state index is 5.63. The second kappa shape index (κ2) is 6.98. The van der Waals surface area contributed by atoms with Gasteiger partial charge in [-0.25, -0.2) is 9.97 Å². The zero-order valence-corrected chi connectivity index (χ0v) is 13.4. The van der Waals surface area contributed by atoms with Gasteiger partial charge in [0.25, 0.3) is 0 Å². The van der Waals surface area contributed by atoms with Gasteiger partial charge in [0.2, 0.25) is 5.89 Å². The van der Waals surface area contributed by atoms with Gasteiger partial charge in [0.1, 0.15) is 12.0 Å². The molecule has 1 unspecified atom stereocenters. The van der Waals surface area contributed by atoms with Gasteiger partial charge in [0.05, 0.1) is 13.2 Å². The Bertz CT molecular complexity index is 775. The number of oxazole rings is 1. The first-order valence-corrected chi connectivity index (χ1v) is 8.24. The molecule has 1 atom stereocenters. The van der Waals surface area contributed by atoms with Gasteiger partial charge in [-0.1, -0.05) is 18.2 Å². The highest BCUT2D eigenvalue weighted by Gasteiger charge is 2.16. The third-order valence-electron chi connectivity index (χ3n) is 4.19. The van der Waals surface area contributed by atoms with E-state index in [0.29, 0.717) is 11.9 Å². The number of morpholine rings is 1. The van der Waals surface area contributed by atoms with Gasteiger partial charge < -0.3 is 19.0 Å². The number of rotatable bonds is 5. The lowest BCUT2D eigenvalue weighted by atomic mass is 10.2. The van der Waals surface area contributed by atoms with Gasteiger partial charge in [-0.15, -0.1) is 0 Å². The Morgan fingerprint density at radius 3 is 3.00 bits per heavy atom. The lowest BCUT2D eigenvalue weighted by Gasteiger charge is -2.24. The van der Waals surface area contributed by atoms with E-state index in [1.165, 1.54) is 0 Å². The Hall–Kier alpha value is -2.44. The average molecular weight is 324 g/mol. The molecule has 0 saturated carbocycles. The van der Waals surface area contributed by atoms with Crippen LogP contribution in [0.2, 0.25) is 0 Å². The van der Waals surface area contributed by atoms with E-state index in [-0.39, 0.29) is 0 Å². The van der Waals surface area contributed by atoms with E-state index in [1.54, 1.807) is 12.5 Å². The lowest BCUT2D eigenvalue weighted by molar-refractivity contribution is 0.0728. The molecule has 124 valence electrons. The molecular formula is C18H20N4O2. The molecule has 1 saturated heterocycles. The molecule has 6 heteroatoms. The molecule has 3 aromatic rings. The van der Waals surface area contributed by atoms with E-state index in [1.807, 2.05) is 36.5 Å². The largest absolute Gasteiger partial charge is 0.444 e. The summed E-state index contributed by atoms with van der Waals surface area (Å²) in [6, 6.07) is 10.3. The van der Waals surface area contributed by atoms with E-state index >= 15 is 0 Å². The SMILES string of the molecule is c1ccc(-c2nc(-c3nccn3CCC3COCCN3)co2)cc1. The second-order valence-electron chi connectivity index (χ2n) is 5.86. The predicted octanol–water partition coefficient (Wildman–Crippen LogP) is 2.58. The number of benzene rings is 1. The topological polar surface area (TPSA) is 65.1 Å². The molecule has 4 rings (SSSR count). The van der Waals surface area contributed by atoms with Crippen molar-refractivity contribution in [2.75, 3.05) is 19.8 Å². The van der Waals surface area contributed by atoms with Crippen LogP contribution in [0.15, 0.2) is 53.4 Å². The second-order valence-corrected chi connectivity index (χ2v) is 5.86. The fraction of sp³-hybridized carbons (Fsp3) is 0.333. The van der Waals surface area contributed by atoms with Crippen molar-refractivity contribution in [3.63, 3.8) is 0 Å². The number of aromatic nitrogens is 3. The molecule has 0 spiro atoms. The van der Waals surface area contributed by atoms with Crippen LogP contribution in [0.3, 0.4) is 0 Å². The first-order valence-electron chi connectivity index (χ1n) is 8.24. The summed E-state index contributed by atoms with van der Waals surface area (Å²) in [5.41, 5.74) is 1.72. The van der Waals surface area contributed by atoms with Crippen molar-refractivity contribution in [3.05, 3.63) is 49.0 Å². The fourth-order valence-electron chi connectivity index (χ4n) is 2.91. The number of hydrogen-bond acceptors (Lipinski definition) is 5. The molecular weight excluding hydrogens is 304 g/mol. The van der Waals surface area contributed by atoms with Crippen molar-refractivity contribution in [1.82, 2.24) is 19.9 Å². The highest BCUT2D eigenvalue weighted by molar-refractivity contribution is 5.58. The van der Waals surface area contributed by atoms with Crippen LogP contribution in [0.25, 0.3) is 23.0 Å². The molecule has 24 heavy (non-hydrogen) atoms. The summed E-state index contributed by atoms with van der Waals surface area (Å²) in [5.74, 6) is 1.44. The van der Waals surface area contributed by atoms with Gasteiger partial charge >= 0.3 is 0 Å². The molecule has 0 bridgehead atoms. The Morgan fingerprint density at radius 1 is 1.25 bits per heavy atom. The fourth-order valence-corrected chi connectivity index (χ4v) is 2.91. The number of nitrogens with one attached hydrogen (secondary N) is 1. The van der Waals surface area contributed by atoms with Gasteiger partial charge in [-0.05, 0) is 18.6 Å². The molecule has 1 N–H and O–H groups in total. The first kappa shape index (κ1) is 15.1. The van der Waals surface area contributed by atoms with Crippen LogP contribution < -0.4 is 5.32 Å². The highest BCUT2D eigenvalue weighted by atomic mass is 16.5. The van der Waals surface area contributed by atoms with Gasteiger partial charge in [-0.2, -0.15) is 0 Å². The summed E-state index contributed by atoms with van der Waals surface area (Å²) < 4.78 is 13.2. The molecule has 0 aliphatic carbocycles. The van der Waals surface area contributed by atoms with Crippen LogP contribution in [0, 0.1) is 0 Å². The van der Waals surface area contributed by atoms with E-state index in [4.69, 9.17) is 9.15 Å². The summed E-state index contributed by atoms with van der Waals surface area (Å²) in [4.78, 5) is 9.03. The van der Waals surface area contributed by atoms with Crippen molar-refractivity contribution >= 4 is 0 Å².